The van der Waals surface area contributed by atoms with Gasteiger partial charge in [0, 0.05) is 30.0 Å². The molecule has 0 saturated carbocycles. The largest absolute Gasteiger partial charge is 0.311 e. The Morgan fingerprint density at radius 3 is 2.82 bits per heavy atom. The summed E-state index contributed by atoms with van der Waals surface area (Å²) in [5.41, 5.74) is 13.5. The minimum atomic E-state index is -1.47. The van der Waals surface area contributed by atoms with Crippen LogP contribution < -0.4 is 4.90 Å². The molecule has 5 nitrogen and oxygen atoms in total. The highest BCUT2D eigenvalue weighted by Gasteiger charge is 2.31. The molecular weight excluding hydrogens is 292 g/mol. The van der Waals surface area contributed by atoms with E-state index in [9.17, 15) is 4.79 Å². The van der Waals surface area contributed by atoms with Crippen LogP contribution in [0.15, 0.2) is 29.4 Å². The van der Waals surface area contributed by atoms with Gasteiger partial charge in [-0.05, 0) is 23.6 Å². The summed E-state index contributed by atoms with van der Waals surface area (Å²) in [6.45, 7) is 7.53. The van der Waals surface area contributed by atoms with Gasteiger partial charge in [-0.15, -0.1) is 5.54 Å². The smallest absolute Gasteiger partial charge is 0.227 e. The predicted octanol–water partition coefficient (Wildman–Crippen LogP) is 3.58. The standard InChI is InChI=1S/C16H20N4OSi/c1-22(2,3)9-8-14-6-4-5-7-15(14)20-12-13(10-16(20)21)11-18-19-17/h4-7,13H,10-12H2,1-3H3. The van der Waals surface area contributed by atoms with Crippen molar-refractivity contribution >= 4 is 19.7 Å². The van der Waals surface area contributed by atoms with Crippen LogP contribution in [-0.4, -0.2) is 27.1 Å². The highest BCUT2D eigenvalue weighted by Crippen LogP contribution is 2.28. The van der Waals surface area contributed by atoms with Crippen LogP contribution in [0.2, 0.25) is 19.6 Å². The van der Waals surface area contributed by atoms with Gasteiger partial charge >= 0.3 is 0 Å². The summed E-state index contributed by atoms with van der Waals surface area (Å²) in [4.78, 5) is 16.8. The van der Waals surface area contributed by atoms with Crippen LogP contribution in [0, 0.1) is 17.4 Å². The number of anilines is 1. The van der Waals surface area contributed by atoms with Crippen LogP contribution in [0.4, 0.5) is 5.69 Å². The van der Waals surface area contributed by atoms with Crippen molar-refractivity contribution in [1.82, 2.24) is 0 Å². The van der Waals surface area contributed by atoms with Crippen molar-refractivity contribution in [2.75, 3.05) is 18.0 Å². The van der Waals surface area contributed by atoms with Gasteiger partial charge in [-0.2, -0.15) is 0 Å². The maximum absolute atomic E-state index is 12.3. The van der Waals surface area contributed by atoms with E-state index in [4.69, 9.17) is 5.53 Å². The molecule has 1 heterocycles. The molecule has 0 bridgehead atoms. The Labute approximate surface area is 132 Å². The Balaban J connectivity index is 2.27. The molecule has 0 aromatic heterocycles. The second-order valence-corrected chi connectivity index (χ2v) is 11.3. The molecule has 1 atom stereocenters. The van der Waals surface area contributed by atoms with Crippen molar-refractivity contribution in [3.05, 3.63) is 40.3 Å². The van der Waals surface area contributed by atoms with Crippen LogP contribution in [0.1, 0.15) is 12.0 Å². The first-order valence-electron chi connectivity index (χ1n) is 7.34. The predicted molar refractivity (Wildman–Crippen MR) is 91.1 cm³/mol. The highest BCUT2D eigenvalue weighted by molar-refractivity contribution is 6.83. The Hall–Kier alpha value is -2.22. The maximum atomic E-state index is 12.3. The van der Waals surface area contributed by atoms with Crippen LogP contribution in [0.5, 0.6) is 0 Å². The molecule has 6 heteroatoms. The van der Waals surface area contributed by atoms with Crippen molar-refractivity contribution < 1.29 is 4.79 Å². The van der Waals surface area contributed by atoms with E-state index in [2.05, 4.69) is 41.1 Å². The van der Waals surface area contributed by atoms with E-state index >= 15 is 0 Å². The van der Waals surface area contributed by atoms with Crippen LogP contribution >= 0.6 is 0 Å². The third-order valence-electron chi connectivity index (χ3n) is 3.38. The zero-order valence-corrected chi connectivity index (χ0v) is 14.2. The lowest BCUT2D eigenvalue weighted by Crippen LogP contribution is -2.25. The van der Waals surface area contributed by atoms with Gasteiger partial charge in [0.15, 0.2) is 0 Å². The van der Waals surface area contributed by atoms with E-state index in [0.717, 1.165) is 11.3 Å². The summed E-state index contributed by atoms with van der Waals surface area (Å²) in [7, 11) is -1.47. The molecule has 1 amide bonds. The number of benzene rings is 1. The molecule has 1 unspecified atom stereocenters. The molecule has 2 rings (SSSR count). The van der Waals surface area contributed by atoms with Gasteiger partial charge in [0.05, 0.1) is 5.69 Å². The van der Waals surface area contributed by atoms with E-state index in [1.807, 2.05) is 24.3 Å². The van der Waals surface area contributed by atoms with Gasteiger partial charge < -0.3 is 4.90 Å². The first kappa shape index (κ1) is 16.2. The fraction of sp³-hybridized carbons (Fsp3) is 0.438. The Morgan fingerprint density at radius 1 is 1.41 bits per heavy atom. The molecule has 0 radical (unpaired) electrons. The lowest BCUT2D eigenvalue weighted by Gasteiger charge is -2.18. The van der Waals surface area contributed by atoms with Crippen LogP contribution in [-0.2, 0) is 4.79 Å². The van der Waals surface area contributed by atoms with Gasteiger partial charge in [0.2, 0.25) is 5.91 Å². The molecule has 0 spiro atoms. The zero-order chi connectivity index (χ0) is 16.2. The van der Waals surface area contributed by atoms with Gasteiger partial charge in [0.25, 0.3) is 0 Å². The first-order valence-corrected chi connectivity index (χ1v) is 10.8. The minimum absolute atomic E-state index is 0.0698. The van der Waals surface area contributed by atoms with E-state index in [1.165, 1.54) is 0 Å². The summed E-state index contributed by atoms with van der Waals surface area (Å²) in [6, 6.07) is 7.75. The number of carbonyl (C=O) groups excluding carboxylic acids is 1. The van der Waals surface area contributed by atoms with E-state index in [0.29, 0.717) is 19.5 Å². The van der Waals surface area contributed by atoms with Gasteiger partial charge in [-0.3, -0.25) is 4.79 Å². The molecule has 1 aliphatic heterocycles. The number of nitrogens with zero attached hydrogens (tertiary/aromatic N) is 4. The number of carbonyl (C=O) groups is 1. The summed E-state index contributed by atoms with van der Waals surface area (Å²) >= 11 is 0. The normalized spacial score (nSPS) is 17.7. The SMILES string of the molecule is C[Si](C)(C)C#Cc1ccccc1N1CC(CN=[N+]=[N-])CC1=O. The number of para-hydroxylation sites is 1. The number of azide groups is 1. The van der Waals surface area contributed by atoms with E-state index in [-0.39, 0.29) is 11.8 Å². The minimum Gasteiger partial charge on any atom is -0.311 e. The molecule has 1 aromatic carbocycles. The van der Waals surface area contributed by atoms with Gasteiger partial charge in [-0.25, -0.2) is 0 Å². The summed E-state index contributed by atoms with van der Waals surface area (Å²) in [5.74, 6) is 3.40. The summed E-state index contributed by atoms with van der Waals surface area (Å²) < 4.78 is 0. The molecule has 114 valence electrons. The third kappa shape index (κ3) is 4.14. The molecule has 0 aliphatic carbocycles. The molecule has 1 aliphatic rings. The first-order chi connectivity index (χ1) is 10.4. The molecule has 1 aromatic rings. The summed E-state index contributed by atoms with van der Waals surface area (Å²) in [5, 5.41) is 3.59. The third-order valence-corrected chi connectivity index (χ3v) is 4.25. The topological polar surface area (TPSA) is 69.1 Å². The average molecular weight is 312 g/mol. The number of amides is 1. The van der Waals surface area contributed by atoms with Crippen LogP contribution in [0.3, 0.4) is 0 Å². The van der Waals surface area contributed by atoms with Crippen molar-refractivity contribution in [2.24, 2.45) is 11.0 Å². The van der Waals surface area contributed by atoms with E-state index < -0.39 is 8.07 Å². The Kier molecular flexibility index (Phi) is 4.91. The zero-order valence-electron chi connectivity index (χ0n) is 13.2. The number of rotatable bonds is 3. The lowest BCUT2D eigenvalue weighted by molar-refractivity contribution is -0.117. The Morgan fingerprint density at radius 2 is 2.14 bits per heavy atom. The molecule has 1 saturated heterocycles. The van der Waals surface area contributed by atoms with Crippen molar-refractivity contribution in [2.45, 2.75) is 26.1 Å². The van der Waals surface area contributed by atoms with Gasteiger partial charge in [0.1, 0.15) is 8.07 Å². The monoisotopic (exact) mass is 312 g/mol. The Bertz CT molecular complexity index is 677. The average Bonchev–Trinajstić information content (AvgIpc) is 2.83. The molecule has 1 fully saturated rings. The second kappa shape index (κ2) is 6.69. The maximum Gasteiger partial charge on any atom is 0.227 e. The fourth-order valence-corrected chi connectivity index (χ4v) is 2.87. The highest BCUT2D eigenvalue weighted by atomic mass is 28.3. The summed E-state index contributed by atoms with van der Waals surface area (Å²) in [6.07, 6.45) is 0.425. The molecule has 22 heavy (non-hydrogen) atoms. The second-order valence-electron chi connectivity index (χ2n) is 6.51. The van der Waals surface area contributed by atoms with Crippen LogP contribution in [0.25, 0.3) is 10.4 Å². The lowest BCUT2D eigenvalue weighted by atomic mass is 10.1. The van der Waals surface area contributed by atoms with E-state index in [1.54, 1.807) is 4.90 Å². The molecular formula is C16H20N4OSi. The van der Waals surface area contributed by atoms with Crippen molar-refractivity contribution in [3.8, 4) is 11.5 Å². The number of hydrogen-bond donors (Lipinski definition) is 0. The van der Waals surface area contributed by atoms with Crippen molar-refractivity contribution in [1.29, 1.82) is 0 Å². The quantitative estimate of drug-likeness (QED) is 0.276. The van der Waals surface area contributed by atoms with Crippen molar-refractivity contribution in [3.63, 3.8) is 0 Å². The van der Waals surface area contributed by atoms with Gasteiger partial charge in [-0.1, -0.05) is 42.8 Å². The molecule has 0 N–H and O–H groups in total. The fourth-order valence-electron chi connectivity index (χ4n) is 2.36. The number of hydrogen-bond acceptors (Lipinski definition) is 2.